The summed E-state index contributed by atoms with van der Waals surface area (Å²) in [4.78, 5) is 12.3. The van der Waals surface area contributed by atoms with E-state index in [1.807, 2.05) is 31.2 Å². The molecular weight excluding hydrogens is 432 g/mol. The molecule has 0 unspecified atom stereocenters. The smallest absolute Gasteiger partial charge is 0.234 e. The Hall–Kier alpha value is -2.49. The van der Waals surface area contributed by atoms with Gasteiger partial charge >= 0.3 is 0 Å². The van der Waals surface area contributed by atoms with E-state index >= 15 is 0 Å². The van der Waals surface area contributed by atoms with Crippen LogP contribution in [0.15, 0.2) is 40.7 Å². The number of ether oxygens (including phenoxy) is 2. The average Bonchev–Trinajstić information content (AvgIpc) is 3.16. The van der Waals surface area contributed by atoms with Crippen LogP contribution in [0.1, 0.15) is 5.56 Å². The van der Waals surface area contributed by atoms with Crippen LogP contribution in [-0.4, -0.2) is 36.1 Å². The van der Waals surface area contributed by atoms with Crippen molar-refractivity contribution in [2.75, 3.05) is 30.6 Å². The third kappa shape index (κ3) is 5.75. The molecule has 7 nitrogen and oxygen atoms in total. The fourth-order valence-corrected chi connectivity index (χ4v) is 4.11. The summed E-state index contributed by atoms with van der Waals surface area (Å²) in [7, 11) is 3.15. The number of nitrogens with one attached hydrogen (secondary N) is 2. The van der Waals surface area contributed by atoms with Gasteiger partial charge in [0.25, 0.3) is 0 Å². The number of hydrogen-bond donors (Lipinski definition) is 2. The first-order valence-electron chi connectivity index (χ1n) is 8.50. The second-order valence-electron chi connectivity index (χ2n) is 5.87. The molecule has 0 saturated carbocycles. The van der Waals surface area contributed by atoms with Crippen molar-refractivity contribution in [3.8, 4) is 11.5 Å². The number of carbonyl (C=O) groups is 1. The van der Waals surface area contributed by atoms with E-state index < -0.39 is 0 Å². The van der Waals surface area contributed by atoms with Crippen LogP contribution in [0.5, 0.6) is 11.5 Å². The van der Waals surface area contributed by atoms with E-state index in [2.05, 4.69) is 20.8 Å². The number of nitrogens with zero attached hydrogens (tertiary/aromatic N) is 2. The third-order valence-corrected chi connectivity index (χ3v) is 6.19. The summed E-state index contributed by atoms with van der Waals surface area (Å²) in [5, 5.41) is 15.5. The highest BCUT2D eigenvalue weighted by Gasteiger charge is 2.12. The van der Waals surface area contributed by atoms with Crippen molar-refractivity contribution >= 4 is 57.1 Å². The highest BCUT2D eigenvalue weighted by Crippen LogP contribution is 2.32. The van der Waals surface area contributed by atoms with Gasteiger partial charge in [-0.1, -0.05) is 40.8 Å². The molecule has 0 saturated heterocycles. The van der Waals surface area contributed by atoms with Crippen molar-refractivity contribution < 1.29 is 14.3 Å². The summed E-state index contributed by atoms with van der Waals surface area (Å²) >= 11 is 8.77. The molecule has 10 heteroatoms. The quantitative estimate of drug-likeness (QED) is 0.467. The zero-order valence-corrected chi connectivity index (χ0v) is 18.4. The van der Waals surface area contributed by atoms with E-state index in [4.69, 9.17) is 21.1 Å². The Kier molecular flexibility index (Phi) is 7.18. The van der Waals surface area contributed by atoms with Gasteiger partial charge in [-0.3, -0.25) is 4.79 Å². The Bertz CT molecular complexity index is 1010. The van der Waals surface area contributed by atoms with E-state index in [0.717, 1.165) is 17.0 Å². The molecule has 3 rings (SSSR count). The van der Waals surface area contributed by atoms with Gasteiger partial charge in [0.05, 0.1) is 25.7 Å². The van der Waals surface area contributed by atoms with Crippen LogP contribution >= 0.6 is 34.7 Å². The Morgan fingerprint density at radius 2 is 2.03 bits per heavy atom. The number of aromatic nitrogens is 2. The van der Waals surface area contributed by atoms with Crippen LogP contribution in [-0.2, 0) is 4.79 Å². The van der Waals surface area contributed by atoms with Crippen molar-refractivity contribution in [2.45, 2.75) is 11.3 Å². The first-order valence-corrected chi connectivity index (χ1v) is 10.7. The number of anilines is 3. The molecule has 1 aromatic heterocycles. The average molecular weight is 451 g/mol. The van der Waals surface area contributed by atoms with Gasteiger partial charge in [-0.25, -0.2) is 0 Å². The van der Waals surface area contributed by atoms with Crippen LogP contribution in [0.2, 0.25) is 5.02 Å². The third-order valence-electron chi connectivity index (χ3n) is 3.81. The molecular formula is C19H19ClN4O3S2. The van der Waals surface area contributed by atoms with Gasteiger partial charge in [0, 0.05) is 22.8 Å². The summed E-state index contributed by atoms with van der Waals surface area (Å²) in [5.41, 5.74) is 2.28. The standard InChI is InChI=1S/C19H19ClN4O3S2/c1-11-7-15(16(27-3)9-14(11)20)22-17(25)10-28-19-24-23-18(29-19)21-12-5-4-6-13(8-12)26-2/h4-9H,10H2,1-3H3,(H,21,23)(H,22,25). The first kappa shape index (κ1) is 21.2. The topological polar surface area (TPSA) is 85.4 Å². The van der Waals surface area contributed by atoms with Crippen LogP contribution in [0.3, 0.4) is 0 Å². The number of rotatable bonds is 8. The molecule has 1 heterocycles. The molecule has 0 aliphatic heterocycles. The SMILES string of the molecule is COc1cccc(Nc2nnc(SCC(=O)Nc3cc(C)c(Cl)cc3OC)s2)c1. The van der Waals surface area contributed by atoms with Gasteiger partial charge < -0.3 is 20.1 Å². The number of thioether (sulfide) groups is 1. The minimum Gasteiger partial charge on any atom is -0.497 e. The fraction of sp³-hybridized carbons (Fsp3) is 0.211. The molecule has 0 spiro atoms. The molecule has 2 N–H and O–H groups in total. The summed E-state index contributed by atoms with van der Waals surface area (Å²) < 4.78 is 11.2. The van der Waals surface area contributed by atoms with E-state index in [0.29, 0.717) is 25.9 Å². The summed E-state index contributed by atoms with van der Waals surface area (Å²) in [5.74, 6) is 1.28. The summed E-state index contributed by atoms with van der Waals surface area (Å²) in [6.07, 6.45) is 0. The maximum atomic E-state index is 12.3. The number of aryl methyl sites for hydroxylation is 1. The lowest BCUT2D eigenvalue weighted by atomic mass is 10.2. The number of methoxy groups -OCH3 is 2. The second-order valence-corrected chi connectivity index (χ2v) is 8.48. The number of hydrogen-bond acceptors (Lipinski definition) is 8. The highest BCUT2D eigenvalue weighted by molar-refractivity contribution is 8.01. The van der Waals surface area contributed by atoms with E-state index in [1.54, 1.807) is 19.2 Å². The van der Waals surface area contributed by atoms with Crippen LogP contribution in [0.25, 0.3) is 0 Å². The zero-order chi connectivity index (χ0) is 20.8. The Balaban J connectivity index is 1.57. The predicted octanol–water partition coefficient (Wildman–Crippen LogP) is 4.99. The number of benzene rings is 2. The monoisotopic (exact) mass is 450 g/mol. The number of amides is 1. The van der Waals surface area contributed by atoms with E-state index in [9.17, 15) is 4.79 Å². The van der Waals surface area contributed by atoms with Crippen LogP contribution in [0, 0.1) is 6.92 Å². The molecule has 3 aromatic rings. The van der Waals surface area contributed by atoms with Crippen LogP contribution in [0.4, 0.5) is 16.5 Å². The van der Waals surface area contributed by atoms with Crippen LogP contribution < -0.4 is 20.1 Å². The maximum absolute atomic E-state index is 12.3. The predicted molar refractivity (Wildman–Crippen MR) is 118 cm³/mol. The second kappa shape index (κ2) is 9.82. The number of halogens is 1. The largest absolute Gasteiger partial charge is 0.497 e. The minimum atomic E-state index is -0.174. The Morgan fingerprint density at radius 3 is 2.79 bits per heavy atom. The van der Waals surface area contributed by atoms with Gasteiger partial charge in [0.2, 0.25) is 11.0 Å². The van der Waals surface area contributed by atoms with Gasteiger partial charge in [0.15, 0.2) is 4.34 Å². The van der Waals surface area contributed by atoms with E-state index in [-0.39, 0.29) is 11.7 Å². The van der Waals surface area contributed by atoms with Crippen molar-refractivity contribution in [3.05, 3.63) is 47.0 Å². The molecule has 2 aromatic carbocycles. The minimum absolute atomic E-state index is 0.174. The molecule has 0 aliphatic carbocycles. The summed E-state index contributed by atoms with van der Waals surface area (Å²) in [6.45, 7) is 1.87. The molecule has 0 bridgehead atoms. The first-order chi connectivity index (χ1) is 14.0. The maximum Gasteiger partial charge on any atom is 0.234 e. The summed E-state index contributed by atoms with van der Waals surface area (Å²) in [6, 6.07) is 11.0. The number of carbonyl (C=O) groups excluding carboxylic acids is 1. The zero-order valence-electron chi connectivity index (χ0n) is 16.0. The molecule has 0 aliphatic rings. The molecule has 152 valence electrons. The molecule has 29 heavy (non-hydrogen) atoms. The fourth-order valence-electron chi connectivity index (χ4n) is 2.39. The van der Waals surface area contributed by atoms with E-state index in [1.165, 1.54) is 30.2 Å². The van der Waals surface area contributed by atoms with Gasteiger partial charge in [-0.15, -0.1) is 10.2 Å². The Morgan fingerprint density at radius 1 is 1.21 bits per heavy atom. The normalized spacial score (nSPS) is 10.5. The highest BCUT2D eigenvalue weighted by atomic mass is 35.5. The van der Waals surface area contributed by atoms with Crippen molar-refractivity contribution in [1.82, 2.24) is 10.2 Å². The van der Waals surface area contributed by atoms with Gasteiger partial charge in [0.1, 0.15) is 11.5 Å². The lowest BCUT2D eigenvalue weighted by molar-refractivity contribution is -0.113. The Labute approximate surface area is 181 Å². The molecule has 1 amide bonds. The van der Waals surface area contributed by atoms with Gasteiger partial charge in [-0.2, -0.15) is 0 Å². The van der Waals surface area contributed by atoms with Crippen molar-refractivity contribution in [2.24, 2.45) is 0 Å². The van der Waals surface area contributed by atoms with Crippen molar-refractivity contribution in [3.63, 3.8) is 0 Å². The lowest BCUT2D eigenvalue weighted by Gasteiger charge is -2.11. The van der Waals surface area contributed by atoms with Crippen molar-refractivity contribution in [1.29, 1.82) is 0 Å². The molecule has 0 atom stereocenters. The van der Waals surface area contributed by atoms with Gasteiger partial charge in [-0.05, 0) is 30.7 Å². The molecule has 0 radical (unpaired) electrons. The lowest BCUT2D eigenvalue weighted by Crippen LogP contribution is -2.14. The molecule has 0 fully saturated rings.